The van der Waals surface area contributed by atoms with Crippen molar-refractivity contribution in [1.82, 2.24) is 19.4 Å². The molecule has 0 saturated carbocycles. The fourth-order valence-corrected chi connectivity index (χ4v) is 4.12. The number of hydrogen-bond acceptors (Lipinski definition) is 5. The lowest BCUT2D eigenvalue weighted by Crippen LogP contribution is -2.46. The smallest absolute Gasteiger partial charge is 0.313 e. The predicted octanol–water partition coefficient (Wildman–Crippen LogP) is 2.36. The molecule has 0 bridgehead atoms. The predicted molar refractivity (Wildman–Crippen MR) is 122 cm³/mol. The quantitative estimate of drug-likeness (QED) is 0.583. The number of nitrogens with two attached hydrogens (primary N) is 1. The summed E-state index contributed by atoms with van der Waals surface area (Å²) in [7, 11) is 0. The molecule has 9 heteroatoms. The molecule has 3 N–H and O–H groups in total. The van der Waals surface area contributed by atoms with E-state index in [0.29, 0.717) is 19.0 Å². The molecule has 0 radical (unpaired) electrons. The third-order valence-corrected chi connectivity index (χ3v) is 5.84. The molecule has 1 aromatic carbocycles. The maximum absolute atomic E-state index is 13.1. The van der Waals surface area contributed by atoms with Gasteiger partial charge in [-0.1, -0.05) is 31.2 Å². The van der Waals surface area contributed by atoms with Crippen LogP contribution in [0, 0.1) is 5.92 Å². The fraction of sp³-hybridized carbons (Fsp3) is 0.292. The third kappa shape index (κ3) is 5.25. The summed E-state index contributed by atoms with van der Waals surface area (Å²) in [6.07, 6.45) is 9.84. The first kappa shape index (κ1) is 22.2. The zero-order valence-corrected chi connectivity index (χ0v) is 18.3. The summed E-state index contributed by atoms with van der Waals surface area (Å²) in [6, 6.07) is 9.33. The minimum absolute atomic E-state index is 0.153. The number of anilines is 1. The third-order valence-electron chi connectivity index (χ3n) is 5.84. The molecule has 1 saturated heterocycles. The molecule has 0 aliphatic carbocycles. The van der Waals surface area contributed by atoms with Gasteiger partial charge in [0.2, 0.25) is 5.91 Å². The van der Waals surface area contributed by atoms with Gasteiger partial charge in [0.25, 0.3) is 0 Å². The van der Waals surface area contributed by atoms with Gasteiger partial charge < -0.3 is 20.5 Å². The molecule has 4 rings (SSSR count). The summed E-state index contributed by atoms with van der Waals surface area (Å²) in [5, 5.41) is 2.55. The van der Waals surface area contributed by atoms with Crippen molar-refractivity contribution >= 4 is 23.4 Å². The molecule has 0 unspecified atom stereocenters. The Morgan fingerprint density at radius 2 is 1.91 bits per heavy atom. The number of piperidine rings is 1. The van der Waals surface area contributed by atoms with E-state index in [0.717, 1.165) is 24.0 Å². The number of likely N-dealkylation sites (tertiary alicyclic amines) is 1. The maximum Gasteiger partial charge on any atom is 0.313 e. The van der Waals surface area contributed by atoms with Gasteiger partial charge in [-0.25, -0.2) is 4.98 Å². The van der Waals surface area contributed by atoms with Crippen molar-refractivity contribution < 1.29 is 14.4 Å². The highest BCUT2D eigenvalue weighted by molar-refractivity contribution is 6.39. The normalized spacial score (nSPS) is 18.0. The number of amides is 3. The number of hydrogen-bond donors (Lipinski definition) is 2. The Balaban J connectivity index is 1.49. The van der Waals surface area contributed by atoms with Crippen LogP contribution in [0.3, 0.4) is 0 Å². The lowest BCUT2D eigenvalue weighted by molar-refractivity contribution is -0.146. The Kier molecular flexibility index (Phi) is 6.48. The van der Waals surface area contributed by atoms with Crippen LogP contribution < -0.4 is 11.1 Å². The van der Waals surface area contributed by atoms with Crippen LogP contribution in [0.4, 0.5) is 5.69 Å². The van der Waals surface area contributed by atoms with Crippen LogP contribution in [0.2, 0.25) is 0 Å². The highest BCUT2D eigenvalue weighted by atomic mass is 16.2. The van der Waals surface area contributed by atoms with Crippen LogP contribution >= 0.6 is 0 Å². The van der Waals surface area contributed by atoms with Crippen LogP contribution in [0.25, 0.3) is 0 Å². The second-order valence-electron chi connectivity index (χ2n) is 8.41. The first-order valence-corrected chi connectivity index (χ1v) is 10.8. The summed E-state index contributed by atoms with van der Waals surface area (Å²) in [6.45, 7) is 3.28. The Morgan fingerprint density at radius 3 is 2.61 bits per heavy atom. The van der Waals surface area contributed by atoms with E-state index in [-0.39, 0.29) is 17.3 Å². The molecule has 2 atom stereocenters. The topological polar surface area (TPSA) is 123 Å². The Labute approximate surface area is 191 Å². The summed E-state index contributed by atoms with van der Waals surface area (Å²) in [5.74, 6) is -1.75. The zero-order chi connectivity index (χ0) is 23.4. The SMILES string of the molecule is C[C@H]1CC[C@H](c2ccc(Cn3ccnc3)cc2)N(C(=O)C(=O)Nc2cncc(C(N)=O)c2)C1. The van der Waals surface area contributed by atoms with Crippen molar-refractivity contribution in [3.63, 3.8) is 0 Å². The second-order valence-corrected chi connectivity index (χ2v) is 8.41. The molecule has 1 aliphatic heterocycles. The van der Waals surface area contributed by atoms with Gasteiger partial charge in [-0.2, -0.15) is 0 Å². The number of carbonyl (C=O) groups is 3. The van der Waals surface area contributed by atoms with Crippen LogP contribution in [0.1, 0.15) is 47.3 Å². The van der Waals surface area contributed by atoms with E-state index in [1.165, 1.54) is 18.5 Å². The zero-order valence-electron chi connectivity index (χ0n) is 18.3. The van der Waals surface area contributed by atoms with E-state index in [1.54, 1.807) is 17.4 Å². The van der Waals surface area contributed by atoms with E-state index >= 15 is 0 Å². The van der Waals surface area contributed by atoms with Gasteiger partial charge in [0.15, 0.2) is 0 Å². The summed E-state index contributed by atoms with van der Waals surface area (Å²) in [4.78, 5) is 46.8. The molecule has 3 aromatic rings. The Morgan fingerprint density at radius 1 is 1.12 bits per heavy atom. The van der Waals surface area contributed by atoms with Gasteiger partial charge in [-0.15, -0.1) is 0 Å². The van der Waals surface area contributed by atoms with Gasteiger partial charge in [-0.3, -0.25) is 19.4 Å². The van der Waals surface area contributed by atoms with Crippen LogP contribution in [-0.4, -0.2) is 43.7 Å². The van der Waals surface area contributed by atoms with Gasteiger partial charge in [0.1, 0.15) is 0 Å². The number of nitrogens with zero attached hydrogens (tertiary/aromatic N) is 4. The molecule has 3 amide bonds. The van der Waals surface area contributed by atoms with Gasteiger partial charge in [0.05, 0.1) is 29.8 Å². The first-order valence-electron chi connectivity index (χ1n) is 10.8. The summed E-state index contributed by atoms with van der Waals surface area (Å²) in [5.41, 5.74) is 7.78. The lowest BCUT2D eigenvalue weighted by Gasteiger charge is -2.38. The molecule has 170 valence electrons. The average molecular weight is 447 g/mol. The van der Waals surface area contributed by atoms with Crippen LogP contribution in [-0.2, 0) is 16.1 Å². The van der Waals surface area contributed by atoms with Gasteiger partial charge >= 0.3 is 11.8 Å². The molecule has 9 nitrogen and oxygen atoms in total. The van der Waals surface area contributed by atoms with E-state index in [2.05, 4.69) is 22.2 Å². The molecular formula is C24H26N6O3. The minimum atomic E-state index is -0.769. The molecule has 0 spiro atoms. The highest BCUT2D eigenvalue weighted by Crippen LogP contribution is 2.33. The van der Waals surface area contributed by atoms with Crippen LogP contribution in [0.5, 0.6) is 0 Å². The number of aromatic nitrogens is 3. The monoisotopic (exact) mass is 446 g/mol. The number of benzene rings is 1. The second kappa shape index (κ2) is 9.64. The van der Waals surface area contributed by atoms with E-state index in [4.69, 9.17) is 5.73 Å². The molecule has 33 heavy (non-hydrogen) atoms. The Hall–Kier alpha value is -4.01. The van der Waals surface area contributed by atoms with Crippen molar-refractivity contribution in [2.75, 3.05) is 11.9 Å². The van der Waals surface area contributed by atoms with Crippen molar-refractivity contribution in [2.24, 2.45) is 11.7 Å². The summed E-state index contributed by atoms with van der Waals surface area (Å²) < 4.78 is 1.99. The fourth-order valence-electron chi connectivity index (χ4n) is 4.12. The first-order chi connectivity index (χ1) is 15.9. The number of primary amides is 1. The van der Waals surface area contributed by atoms with Gasteiger partial charge in [-0.05, 0) is 36.0 Å². The highest BCUT2D eigenvalue weighted by Gasteiger charge is 2.34. The largest absolute Gasteiger partial charge is 0.366 e. The minimum Gasteiger partial charge on any atom is -0.366 e. The van der Waals surface area contributed by atoms with E-state index < -0.39 is 17.7 Å². The van der Waals surface area contributed by atoms with E-state index in [9.17, 15) is 14.4 Å². The molecule has 3 heterocycles. The number of carbonyl (C=O) groups excluding carboxylic acids is 3. The number of imidazole rings is 1. The van der Waals surface area contributed by atoms with Crippen molar-refractivity contribution in [3.8, 4) is 0 Å². The molecule has 2 aromatic heterocycles. The van der Waals surface area contributed by atoms with Crippen LogP contribution in [0.15, 0.2) is 61.4 Å². The number of nitrogens with one attached hydrogen (secondary N) is 1. The van der Waals surface area contributed by atoms with Crippen molar-refractivity contribution in [1.29, 1.82) is 0 Å². The van der Waals surface area contributed by atoms with E-state index in [1.807, 2.05) is 35.0 Å². The molecular weight excluding hydrogens is 420 g/mol. The standard InChI is InChI=1S/C24H26N6O3/c1-16-2-7-21(18-5-3-17(4-6-18)14-29-9-8-26-15-29)30(13-16)24(33)23(32)28-20-10-19(22(25)31)11-27-12-20/h3-6,8-12,15-16,21H,2,7,13-14H2,1H3,(H2,25,31)(H,28,32)/t16-,21+/m0/s1. The average Bonchev–Trinajstić information content (AvgIpc) is 3.32. The number of pyridine rings is 1. The lowest BCUT2D eigenvalue weighted by atomic mass is 9.89. The maximum atomic E-state index is 13.1. The summed E-state index contributed by atoms with van der Waals surface area (Å²) >= 11 is 0. The van der Waals surface area contributed by atoms with Crippen molar-refractivity contribution in [2.45, 2.75) is 32.4 Å². The molecule has 1 aliphatic rings. The molecule has 1 fully saturated rings. The van der Waals surface area contributed by atoms with Crippen molar-refractivity contribution in [3.05, 3.63) is 78.1 Å². The number of rotatable bonds is 5. The Bertz CT molecular complexity index is 1140. The van der Waals surface area contributed by atoms with Gasteiger partial charge in [0, 0.05) is 31.7 Å².